The lowest BCUT2D eigenvalue weighted by Crippen LogP contribution is -2.25. The van der Waals surface area contributed by atoms with Crippen molar-refractivity contribution in [2.75, 3.05) is 0 Å². The van der Waals surface area contributed by atoms with E-state index in [1.807, 2.05) is 19.1 Å². The van der Waals surface area contributed by atoms with E-state index in [2.05, 4.69) is 38.1 Å². The van der Waals surface area contributed by atoms with Gasteiger partial charge in [0.1, 0.15) is 5.82 Å². The van der Waals surface area contributed by atoms with Gasteiger partial charge in [-0.1, -0.05) is 56.7 Å². The van der Waals surface area contributed by atoms with Crippen LogP contribution < -0.4 is 5.73 Å². The molecule has 0 aliphatic carbocycles. The molecule has 3 atom stereocenters. The fraction of sp³-hybridized carbons (Fsp3) is 0.368. The zero-order valence-corrected chi connectivity index (χ0v) is 13.0. The number of nitrogens with two attached hydrogens (primary N) is 1. The minimum Gasteiger partial charge on any atom is -0.323 e. The third kappa shape index (κ3) is 3.51. The smallest absolute Gasteiger partial charge is 0.123 e. The first-order valence-electron chi connectivity index (χ1n) is 7.61. The average Bonchev–Trinajstić information content (AvgIpc) is 2.48. The second-order valence-corrected chi connectivity index (χ2v) is 5.85. The van der Waals surface area contributed by atoms with E-state index in [1.54, 1.807) is 6.07 Å². The van der Waals surface area contributed by atoms with E-state index in [0.717, 1.165) is 17.5 Å². The van der Waals surface area contributed by atoms with E-state index >= 15 is 0 Å². The molecule has 3 unspecified atom stereocenters. The maximum absolute atomic E-state index is 13.3. The molecule has 2 heteroatoms. The number of hydrogen-bond acceptors (Lipinski definition) is 1. The summed E-state index contributed by atoms with van der Waals surface area (Å²) in [6.07, 6.45) is 1.06. The van der Waals surface area contributed by atoms with Crippen LogP contribution >= 0.6 is 0 Å². The van der Waals surface area contributed by atoms with Gasteiger partial charge < -0.3 is 5.73 Å². The van der Waals surface area contributed by atoms with E-state index in [0.29, 0.717) is 5.92 Å². The molecule has 2 N–H and O–H groups in total. The Kier molecular flexibility index (Phi) is 5.13. The molecule has 0 saturated carbocycles. The van der Waals surface area contributed by atoms with Crippen molar-refractivity contribution in [1.29, 1.82) is 0 Å². The van der Waals surface area contributed by atoms with E-state index < -0.39 is 0 Å². The lowest BCUT2D eigenvalue weighted by molar-refractivity contribution is 0.387. The average molecular weight is 285 g/mol. The minimum absolute atomic E-state index is 0.122. The van der Waals surface area contributed by atoms with Crippen molar-refractivity contribution in [2.24, 2.45) is 11.7 Å². The van der Waals surface area contributed by atoms with Gasteiger partial charge in [0, 0.05) is 12.0 Å². The second kappa shape index (κ2) is 6.86. The number of benzene rings is 2. The van der Waals surface area contributed by atoms with Gasteiger partial charge in [0.05, 0.1) is 0 Å². The zero-order chi connectivity index (χ0) is 15.4. The monoisotopic (exact) mass is 285 g/mol. The molecule has 2 aromatic rings. The summed E-state index contributed by atoms with van der Waals surface area (Å²) in [6, 6.07) is 15.2. The number of halogens is 1. The quantitative estimate of drug-likeness (QED) is 0.825. The van der Waals surface area contributed by atoms with Crippen LogP contribution in [0.15, 0.2) is 48.5 Å². The van der Waals surface area contributed by atoms with Crippen LogP contribution in [0.4, 0.5) is 4.39 Å². The summed E-state index contributed by atoms with van der Waals surface area (Å²) in [6.45, 7) is 6.35. The molecule has 0 aliphatic heterocycles. The van der Waals surface area contributed by atoms with Gasteiger partial charge in [0.2, 0.25) is 0 Å². The Morgan fingerprint density at radius 3 is 2.33 bits per heavy atom. The van der Waals surface area contributed by atoms with E-state index in [-0.39, 0.29) is 17.8 Å². The lowest BCUT2D eigenvalue weighted by Gasteiger charge is -2.30. The van der Waals surface area contributed by atoms with Gasteiger partial charge >= 0.3 is 0 Å². The van der Waals surface area contributed by atoms with Crippen molar-refractivity contribution in [1.82, 2.24) is 0 Å². The van der Waals surface area contributed by atoms with Crippen LogP contribution in [-0.4, -0.2) is 0 Å². The maximum atomic E-state index is 13.3. The van der Waals surface area contributed by atoms with Crippen molar-refractivity contribution in [3.05, 3.63) is 71.0 Å². The summed E-state index contributed by atoms with van der Waals surface area (Å²) < 4.78 is 13.3. The molecule has 0 heterocycles. The molecule has 2 rings (SSSR count). The van der Waals surface area contributed by atoms with Crippen LogP contribution in [0.1, 0.15) is 48.9 Å². The van der Waals surface area contributed by atoms with Crippen LogP contribution in [0.2, 0.25) is 0 Å². The molecule has 0 amide bonds. The predicted octanol–water partition coefficient (Wildman–Crippen LogP) is 4.96. The molecule has 0 aliphatic rings. The molecular formula is C19H24FN. The highest BCUT2D eigenvalue weighted by atomic mass is 19.1. The summed E-state index contributed by atoms with van der Waals surface area (Å²) in [7, 11) is 0. The van der Waals surface area contributed by atoms with E-state index in [9.17, 15) is 4.39 Å². The Labute approximate surface area is 127 Å². The van der Waals surface area contributed by atoms with E-state index in [1.165, 1.54) is 11.6 Å². The fourth-order valence-electron chi connectivity index (χ4n) is 3.03. The zero-order valence-electron chi connectivity index (χ0n) is 13.0. The van der Waals surface area contributed by atoms with Crippen molar-refractivity contribution in [3.8, 4) is 0 Å². The second-order valence-electron chi connectivity index (χ2n) is 5.85. The molecule has 0 fully saturated rings. The highest BCUT2D eigenvalue weighted by Gasteiger charge is 2.27. The molecular weight excluding hydrogens is 261 g/mol. The molecule has 0 radical (unpaired) electrons. The Balaban J connectivity index is 2.41. The van der Waals surface area contributed by atoms with Gasteiger partial charge in [-0.2, -0.15) is 0 Å². The molecule has 0 spiro atoms. The summed E-state index contributed by atoms with van der Waals surface area (Å²) in [5.41, 5.74) is 9.78. The van der Waals surface area contributed by atoms with Gasteiger partial charge in [-0.15, -0.1) is 0 Å². The molecule has 0 saturated heterocycles. The molecule has 112 valence electrons. The third-order valence-corrected chi connectivity index (χ3v) is 4.42. The van der Waals surface area contributed by atoms with E-state index in [4.69, 9.17) is 5.73 Å². The first kappa shape index (κ1) is 15.7. The summed E-state index contributed by atoms with van der Waals surface area (Å²) in [5, 5.41) is 0. The van der Waals surface area contributed by atoms with Crippen LogP contribution in [0.5, 0.6) is 0 Å². The summed E-state index contributed by atoms with van der Waals surface area (Å²) >= 11 is 0. The van der Waals surface area contributed by atoms with Crippen LogP contribution in [-0.2, 0) is 0 Å². The first-order valence-corrected chi connectivity index (χ1v) is 7.61. The van der Waals surface area contributed by atoms with Crippen LogP contribution in [0.3, 0.4) is 0 Å². The summed E-state index contributed by atoms with van der Waals surface area (Å²) in [4.78, 5) is 0. The number of hydrogen-bond donors (Lipinski definition) is 1. The molecule has 1 nitrogen and oxygen atoms in total. The fourth-order valence-corrected chi connectivity index (χ4v) is 3.03. The van der Waals surface area contributed by atoms with Gasteiger partial charge in [-0.25, -0.2) is 4.39 Å². The first-order chi connectivity index (χ1) is 10.0. The molecule has 0 bridgehead atoms. The van der Waals surface area contributed by atoms with Crippen molar-refractivity contribution < 1.29 is 4.39 Å². The van der Waals surface area contributed by atoms with Crippen LogP contribution in [0.25, 0.3) is 0 Å². The van der Waals surface area contributed by atoms with Crippen molar-refractivity contribution in [2.45, 2.75) is 39.2 Å². The Hall–Kier alpha value is -1.67. The van der Waals surface area contributed by atoms with Gasteiger partial charge in [0.25, 0.3) is 0 Å². The Bertz CT molecular complexity index is 579. The van der Waals surface area contributed by atoms with Gasteiger partial charge in [-0.3, -0.25) is 0 Å². The third-order valence-electron chi connectivity index (χ3n) is 4.42. The molecule has 21 heavy (non-hydrogen) atoms. The van der Waals surface area contributed by atoms with Crippen LogP contribution in [0, 0.1) is 18.7 Å². The normalized spacial score (nSPS) is 15.5. The highest BCUT2D eigenvalue weighted by Crippen LogP contribution is 2.37. The van der Waals surface area contributed by atoms with Crippen molar-refractivity contribution in [3.63, 3.8) is 0 Å². The lowest BCUT2D eigenvalue weighted by atomic mass is 9.77. The van der Waals surface area contributed by atoms with Gasteiger partial charge in [0.15, 0.2) is 0 Å². The molecule has 0 aromatic heterocycles. The largest absolute Gasteiger partial charge is 0.323 e. The number of rotatable bonds is 5. The highest BCUT2D eigenvalue weighted by molar-refractivity contribution is 5.34. The SMILES string of the molecule is CCC(C)C(c1ccccc1)C(N)c1ccc(F)cc1C. The Morgan fingerprint density at radius 1 is 1.10 bits per heavy atom. The standard InChI is InChI=1S/C19H24FN/c1-4-13(2)18(15-8-6-5-7-9-15)19(21)17-11-10-16(20)12-14(17)3/h5-13,18-19H,4,21H2,1-3H3. The van der Waals surface area contributed by atoms with Gasteiger partial charge in [-0.05, 0) is 41.7 Å². The predicted molar refractivity (Wildman–Crippen MR) is 86.7 cm³/mol. The number of aryl methyl sites for hydroxylation is 1. The summed E-state index contributed by atoms with van der Waals surface area (Å²) in [5.74, 6) is 0.496. The topological polar surface area (TPSA) is 26.0 Å². The Morgan fingerprint density at radius 2 is 1.76 bits per heavy atom. The van der Waals surface area contributed by atoms with Crippen molar-refractivity contribution >= 4 is 0 Å². The maximum Gasteiger partial charge on any atom is 0.123 e. The molecule has 2 aromatic carbocycles. The minimum atomic E-state index is -0.205.